The average molecular weight is 301 g/mol. The molecule has 0 aromatic heterocycles. The third-order valence-corrected chi connectivity index (χ3v) is 4.39. The van der Waals surface area contributed by atoms with Crippen molar-refractivity contribution in [3.05, 3.63) is 29.8 Å². The summed E-state index contributed by atoms with van der Waals surface area (Å²) in [6, 6.07) is 8.25. The van der Waals surface area contributed by atoms with Gasteiger partial charge >= 0.3 is 0 Å². The Morgan fingerprint density at radius 1 is 1.18 bits per heavy atom. The second kappa shape index (κ2) is 8.57. The highest BCUT2D eigenvalue weighted by Gasteiger charge is 2.20. The zero-order valence-corrected chi connectivity index (χ0v) is 13.7. The lowest BCUT2D eigenvalue weighted by Gasteiger charge is -2.20. The third kappa shape index (κ3) is 4.58. The number of hydrogen-bond donors (Lipinski definition) is 1. The zero-order chi connectivity index (χ0) is 15.8. The molecule has 1 aromatic carbocycles. The maximum atomic E-state index is 12.0. The number of carbonyl (C=O) groups excluding carboxylic acids is 1. The second-order valence-electron chi connectivity index (χ2n) is 5.83. The summed E-state index contributed by atoms with van der Waals surface area (Å²) in [6.07, 6.45) is 7.29. The summed E-state index contributed by atoms with van der Waals surface area (Å²) in [5.74, 6) is 0.214. The molecule has 0 atom stereocenters. The number of carbonyl (C=O) groups is 1. The summed E-state index contributed by atoms with van der Waals surface area (Å²) >= 11 is 0. The molecule has 4 heteroatoms. The molecule has 1 amide bonds. The highest BCUT2D eigenvalue weighted by Crippen LogP contribution is 2.23. The summed E-state index contributed by atoms with van der Waals surface area (Å²) in [4.78, 5) is 14.3. The van der Waals surface area contributed by atoms with Crippen molar-refractivity contribution in [3.63, 3.8) is 0 Å². The SMILES string of the molecule is CCN(CC)c1ccc(/C=N\NC(=O)C2CCCCC2)cc1. The maximum absolute atomic E-state index is 12.0. The predicted octanol–water partition coefficient (Wildman–Crippen LogP) is 3.56. The fourth-order valence-corrected chi connectivity index (χ4v) is 2.99. The third-order valence-electron chi connectivity index (χ3n) is 4.39. The summed E-state index contributed by atoms with van der Waals surface area (Å²) in [5.41, 5.74) is 4.90. The smallest absolute Gasteiger partial charge is 0.243 e. The van der Waals surface area contributed by atoms with Crippen molar-refractivity contribution in [1.29, 1.82) is 0 Å². The first-order chi connectivity index (χ1) is 10.7. The Kier molecular flexibility index (Phi) is 6.44. The quantitative estimate of drug-likeness (QED) is 0.645. The molecular weight excluding hydrogens is 274 g/mol. The fourth-order valence-electron chi connectivity index (χ4n) is 2.99. The lowest BCUT2D eigenvalue weighted by atomic mass is 9.89. The van der Waals surface area contributed by atoms with Crippen LogP contribution in [0, 0.1) is 5.92 Å². The lowest BCUT2D eigenvalue weighted by Crippen LogP contribution is -2.28. The molecular formula is C18H27N3O. The summed E-state index contributed by atoms with van der Waals surface area (Å²) in [7, 11) is 0. The van der Waals surface area contributed by atoms with Gasteiger partial charge in [-0.25, -0.2) is 5.43 Å². The second-order valence-corrected chi connectivity index (χ2v) is 5.83. The minimum absolute atomic E-state index is 0.0655. The first kappa shape index (κ1) is 16.5. The van der Waals surface area contributed by atoms with Gasteiger partial charge in [0.1, 0.15) is 0 Å². The van der Waals surface area contributed by atoms with Crippen LogP contribution in [-0.2, 0) is 4.79 Å². The van der Waals surface area contributed by atoms with Crippen molar-refractivity contribution in [3.8, 4) is 0 Å². The average Bonchev–Trinajstić information content (AvgIpc) is 2.58. The number of amides is 1. The monoisotopic (exact) mass is 301 g/mol. The van der Waals surface area contributed by atoms with Crippen LogP contribution in [0.3, 0.4) is 0 Å². The number of hydrogen-bond acceptors (Lipinski definition) is 3. The van der Waals surface area contributed by atoms with Gasteiger partial charge in [0.25, 0.3) is 0 Å². The van der Waals surface area contributed by atoms with E-state index in [9.17, 15) is 4.79 Å². The minimum Gasteiger partial charge on any atom is -0.372 e. The Labute approximate surface area is 133 Å². The molecule has 1 saturated carbocycles. The first-order valence-electron chi connectivity index (χ1n) is 8.42. The van der Waals surface area contributed by atoms with Crippen LogP contribution in [0.2, 0.25) is 0 Å². The number of anilines is 1. The van der Waals surface area contributed by atoms with Gasteiger partial charge in [0.2, 0.25) is 5.91 Å². The first-order valence-corrected chi connectivity index (χ1v) is 8.42. The molecule has 1 aromatic rings. The summed E-state index contributed by atoms with van der Waals surface area (Å²) in [6.45, 7) is 6.31. The van der Waals surface area contributed by atoms with Gasteiger partial charge in [-0.2, -0.15) is 5.10 Å². The van der Waals surface area contributed by atoms with Crippen LogP contribution in [0.25, 0.3) is 0 Å². The molecule has 0 bridgehead atoms. The number of nitrogens with zero attached hydrogens (tertiary/aromatic N) is 2. The largest absolute Gasteiger partial charge is 0.372 e. The molecule has 0 radical (unpaired) electrons. The fraction of sp³-hybridized carbons (Fsp3) is 0.556. The van der Waals surface area contributed by atoms with E-state index in [1.165, 1.54) is 12.1 Å². The van der Waals surface area contributed by atoms with Crippen LogP contribution in [-0.4, -0.2) is 25.2 Å². The number of hydrazone groups is 1. The van der Waals surface area contributed by atoms with Gasteiger partial charge in [-0.05, 0) is 44.4 Å². The Bertz CT molecular complexity index is 486. The molecule has 1 N–H and O–H groups in total. The van der Waals surface area contributed by atoms with E-state index >= 15 is 0 Å². The summed E-state index contributed by atoms with van der Waals surface area (Å²) < 4.78 is 0. The molecule has 0 spiro atoms. The van der Waals surface area contributed by atoms with Gasteiger partial charge in [-0.3, -0.25) is 4.79 Å². The van der Waals surface area contributed by atoms with Crippen molar-refractivity contribution >= 4 is 17.8 Å². The van der Waals surface area contributed by atoms with Gasteiger partial charge < -0.3 is 4.90 Å². The highest BCUT2D eigenvalue weighted by molar-refractivity contribution is 5.83. The Morgan fingerprint density at radius 2 is 1.82 bits per heavy atom. The van der Waals surface area contributed by atoms with E-state index in [0.29, 0.717) is 0 Å². The van der Waals surface area contributed by atoms with E-state index in [4.69, 9.17) is 0 Å². The topological polar surface area (TPSA) is 44.7 Å². The molecule has 0 saturated heterocycles. The molecule has 1 fully saturated rings. The lowest BCUT2D eigenvalue weighted by molar-refractivity contribution is -0.125. The predicted molar refractivity (Wildman–Crippen MR) is 92.3 cm³/mol. The number of benzene rings is 1. The van der Waals surface area contributed by atoms with E-state index in [2.05, 4.69) is 41.4 Å². The van der Waals surface area contributed by atoms with Crippen LogP contribution in [0.4, 0.5) is 5.69 Å². The van der Waals surface area contributed by atoms with Gasteiger partial charge in [0, 0.05) is 24.7 Å². The van der Waals surface area contributed by atoms with E-state index < -0.39 is 0 Å². The van der Waals surface area contributed by atoms with E-state index in [0.717, 1.165) is 44.3 Å². The van der Waals surface area contributed by atoms with E-state index in [1.807, 2.05) is 12.1 Å². The molecule has 2 rings (SSSR count). The van der Waals surface area contributed by atoms with Crippen LogP contribution in [0.1, 0.15) is 51.5 Å². The molecule has 4 nitrogen and oxygen atoms in total. The van der Waals surface area contributed by atoms with Crippen LogP contribution in [0.15, 0.2) is 29.4 Å². The Balaban J connectivity index is 1.86. The van der Waals surface area contributed by atoms with Gasteiger partial charge in [0.15, 0.2) is 0 Å². The van der Waals surface area contributed by atoms with E-state index in [1.54, 1.807) is 6.21 Å². The van der Waals surface area contributed by atoms with Crippen molar-refractivity contribution in [2.24, 2.45) is 11.0 Å². The molecule has 0 heterocycles. The van der Waals surface area contributed by atoms with Gasteiger partial charge in [-0.15, -0.1) is 0 Å². The van der Waals surface area contributed by atoms with Crippen LogP contribution >= 0.6 is 0 Å². The normalized spacial score (nSPS) is 15.9. The van der Waals surface area contributed by atoms with Crippen molar-refractivity contribution in [2.75, 3.05) is 18.0 Å². The standard InChI is InChI=1S/C18H27N3O/c1-3-21(4-2)17-12-10-15(11-13-17)14-19-20-18(22)16-8-6-5-7-9-16/h10-14,16H,3-9H2,1-2H3,(H,20,22)/b19-14-. The minimum atomic E-state index is 0.0655. The zero-order valence-electron chi connectivity index (χ0n) is 13.7. The number of rotatable bonds is 6. The molecule has 1 aliphatic rings. The van der Waals surface area contributed by atoms with Crippen molar-refractivity contribution < 1.29 is 4.79 Å². The molecule has 0 unspecified atom stereocenters. The number of nitrogens with one attached hydrogen (secondary N) is 1. The van der Waals surface area contributed by atoms with Crippen molar-refractivity contribution in [2.45, 2.75) is 46.0 Å². The maximum Gasteiger partial charge on any atom is 0.243 e. The molecule has 1 aliphatic carbocycles. The Hall–Kier alpha value is -1.84. The van der Waals surface area contributed by atoms with E-state index in [-0.39, 0.29) is 11.8 Å². The molecule has 120 valence electrons. The molecule has 22 heavy (non-hydrogen) atoms. The molecule has 0 aliphatic heterocycles. The van der Waals surface area contributed by atoms with Gasteiger partial charge in [0.05, 0.1) is 6.21 Å². The van der Waals surface area contributed by atoms with Crippen molar-refractivity contribution in [1.82, 2.24) is 5.43 Å². The highest BCUT2D eigenvalue weighted by atomic mass is 16.2. The van der Waals surface area contributed by atoms with Crippen LogP contribution < -0.4 is 10.3 Å². The Morgan fingerprint density at radius 3 is 2.41 bits per heavy atom. The summed E-state index contributed by atoms with van der Waals surface area (Å²) in [5, 5.41) is 4.09. The van der Waals surface area contributed by atoms with Crippen LogP contribution in [0.5, 0.6) is 0 Å². The van der Waals surface area contributed by atoms with Gasteiger partial charge in [-0.1, -0.05) is 31.4 Å².